The zero-order valence-electron chi connectivity index (χ0n) is 9.23. The Morgan fingerprint density at radius 2 is 2.40 bits per heavy atom. The summed E-state index contributed by atoms with van der Waals surface area (Å²) in [6, 6.07) is -0.459. The van der Waals surface area contributed by atoms with Gasteiger partial charge in [-0.05, 0) is 6.42 Å². The summed E-state index contributed by atoms with van der Waals surface area (Å²) >= 11 is 0. The Bertz CT molecular complexity index is 255. The number of primary amides is 1. The molecule has 0 aromatic carbocycles. The molecule has 0 bridgehead atoms. The molecule has 86 valence electrons. The number of carbonyl (C=O) groups is 2. The average Bonchev–Trinajstić information content (AvgIpc) is 2.49. The molecule has 1 rings (SSSR count). The van der Waals surface area contributed by atoms with Crippen molar-refractivity contribution >= 4 is 11.8 Å². The normalized spacial score (nSPS) is 23.2. The molecule has 5 nitrogen and oxygen atoms in total. The Kier molecular flexibility index (Phi) is 4.08. The molecule has 1 heterocycles. The summed E-state index contributed by atoms with van der Waals surface area (Å²) in [7, 11) is 1.61. The fraction of sp³-hybridized carbons (Fsp3) is 0.800. The van der Waals surface area contributed by atoms with Crippen molar-refractivity contribution in [1.82, 2.24) is 4.90 Å². The van der Waals surface area contributed by atoms with Gasteiger partial charge in [-0.2, -0.15) is 0 Å². The van der Waals surface area contributed by atoms with Gasteiger partial charge in [-0.25, -0.2) is 0 Å². The highest BCUT2D eigenvalue weighted by atomic mass is 16.5. The van der Waals surface area contributed by atoms with E-state index in [1.165, 1.54) is 0 Å². The van der Waals surface area contributed by atoms with Crippen LogP contribution in [0.4, 0.5) is 0 Å². The summed E-state index contributed by atoms with van der Waals surface area (Å²) in [6.45, 7) is 2.98. The lowest BCUT2D eigenvalue weighted by Crippen LogP contribution is -2.45. The number of carbonyl (C=O) groups excluding carboxylic acids is 2. The van der Waals surface area contributed by atoms with Crippen LogP contribution in [0.3, 0.4) is 0 Å². The molecule has 0 saturated carbocycles. The van der Waals surface area contributed by atoms with Crippen LogP contribution < -0.4 is 5.73 Å². The topological polar surface area (TPSA) is 72.6 Å². The zero-order chi connectivity index (χ0) is 11.4. The SMILES string of the molecule is CC[C@@H](C(N)=O)N1C[C@H](COC)CC1=O. The summed E-state index contributed by atoms with van der Waals surface area (Å²) in [5.41, 5.74) is 5.24. The molecule has 2 amide bonds. The number of amides is 2. The second kappa shape index (κ2) is 5.11. The fourth-order valence-electron chi connectivity index (χ4n) is 2.03. The fourth-order valence-corrected chi connectivity index (χ4v) is 2.03. The molecule has 0 aromatic rings. The summed E-state index contributed by atoms with van der Waals surface area (Å²) in [4.78, 5) is 24.3. The Morgan fingerprint density at radius 1 is 1.73 bits per heavy atom. The predicted molar refractivity (Wildman–Crippen MR) is 55.0 cm³/mol. The minimum absolute atomic E-state index is 0.00250. The number of hydrogen-bond donors (Lipinski definition) is 1. The minimum Gasteiger partial charge on any atom is -0.384 e. The van der Waals surface area contributed by atoms with Crippen molar-refractivity contribution in [2.75, 3.05) is 20.3 Å². The number of rotatable bonds is 5. The van der Waals surface area contributed by atoms with Gasteiger partial charge in [-0.1, -0.05) is 6.92 Å². The number of hydrogen-bond acceptors (Lipinski definition) is 3. The quantitative estimate of drug-likeness (QED) is 0.685. The van der Waals surface area contributed by atoms with Gasteiger partial charge < -0.3 is 15.4 Å². The lowest BCUT2D eigenvalue weighted by Gasteiger charge is -2.24. The van der Waals surface area contributed by atoms with E-state index in [9.17, 15) is 9.59 Å². The van der Waals surface area contributed by atoms with Crippen LogP contribution in [-0.2, 0) is 14.3 Å². The van der Waals surface area contributed by atoms with Crippen LogP contribution in [0.15, 0.2) is 0 Å². The van der Waals surface area contributed by atoms with Crippen molar-refractivity contribution in [2.45, 2.75) is 25.8 Å². The molecule has 2 atom stereocenters. The Morgan fingerprint density at radius 3 is 2.87 bits per heavy atom. The lowest BCUT2D eigenvalue weighted by atomic mass is 10.1. The highest BCUT2D eigenvalue weighted by Crippen LogP contribution is 2.21. The number of ether oxygens (including phenoxy) is 1. The molecule has 0 unspecified atom stereocenters. The van der Waals surface area contributed by atoms with E-state index in [1.54, 1.807) is 12.0 Å². The van der Waals surface area contributed by atoms with Gasteiger partial charge in [-0.15, -0.1) is 0 Å². The number of nitrogens with zero attached hydrogens (tertiary/aromatic N) is 1. The first kappa shape index (κ1) is 12.0. The summed E-state index contributed by atoms with van der Waals surface area (Å²) in [6.07, 6.45) is 1.03. The molecule has 2 N–H and O–H groups in total. The highest BCUT2D eigenvalue weighted by Gasteiger charge is 2.35. The largest absolute Gasteiger partial charge is 0.384 e. The monoisotopic (exact) mass is 214 g/mol. The van der Waals surface area contributed by atoms with Crippen molar-refractivity contribution in [3.63, 3.8) is 0 Å². The van der Waals surface area contributed by atoms with Gasteiger partial charge in [-0.3, -0.25) is 9.59 Å². The van der Waals surface area contributed by atoms with E-state index in [1.807, 2.05) is 6.92 Å². The maximum absolute atomic E-state index is 11.6. The Labute approximate surface area is 89.6 Å². The van der Waals surface area contributed by atoms with Crippen LogP contribution in [0, 0.1) is 5.92 Å². The van der Waals surface area contributed by atoms with E-state index >= 15 is 0 Å². The van der Waals surface area contributed by atoms with Crippen molar-refractivity contribution < 1.29 is 14.3 Å². The highest BCUT2D eigenvalue weighted by molar-refractivity contribution is 5.87. The van der Waals surface area contributed by atoms with Gasteiger partial charge in [0.1, 0.15) is 6.04 Å². The van der Waals surface area contributed by atoms with Gasteiger partial charge in [0, 0.05) is 26.0 Å². The van der Waals surface area contributed by atoms with Gasteiger partial charge in [0.05, 0.1) is 6.61 Å². The number of methoxy groups -OCH3 is 1. The molecule has 0 aliphatic carbocycles. The third-order valence-corrected chi connectivity index (χ3v) is 2.73. The maximum atomic E-state index is 11.6. The second-order valence-electron chi connectivity index (χ2n) is 3.90. The van der Waals surface area contributed by atoms with Crippen LogP contribution in [-0.4, -0.2) is 43.0 Å². The minimum atomic E-state index is -0.459. The van der Waals surface area contributed by atoms with E-state index in [4.69, 9.17) is 10.5 Å². The smallest absolute Gasteiger partial charge is 0.240 e. The van der Waals surface area contributed by atoms with Gasteiger partial charge in [0.15, 0.2) is 0 Å². The third-order valence-electron chi connectivity index (χ3n) is 2.73. The lowest BCUT2D eigenvalue weighted by molar-refractivity contribution is -0.136. The molecular weight excluding hydrogens is 196 g/mol. The van der Waals surface area contributed by atoms with Crippen molar-refractivity contribution in [1.29, 1.82) is 0 Å². The standard InChI is InChI=1S/C10H18N2O3/c1-3-8(10(11)14)12-5-7(6-15-2)4-9(12)13/h7-8H,3-6H2,1-2H3,(H2,11,14)/t7-,8+/m1/s1. The first-order valence-corrected chi connectivity index (χ1v) is 5.17. The van der Waals surface area contributed by atoms with Gasteiger partial charge in [0.25, 0.3) is 0 Å². The molecule has 1 fully saturated rings. The van der Waals surface area contributed by atoms with Crippen LogP contribution in [0.5, 0.6) is 0 Å². The van der Waals surface area contributed by atoms with Crippen LogP contribution in [0.25, 0.3) is 0 Å². The van der Waals surface area contributed by atoms with Gasteiger partial charge in [0.2, 0.25) is 11.8 Å². The number of nitrogens with two attached hydrogens (primary N) is 1. The second-order valence-corrected chi connectivity index (χ2v) is 3.90. The first-order valence-electron chi connectivity index (χ1n) is 5.17. The molecule has 1 aliphatic rings. The third kappa shape index (κ3) is 2.68. The zero-order valence-corrected chi connectivity index (χ0v) is 9.23. The van der Waals surface area contributed by atoms with Crippen LogP contribution >= 0.6 is 0 Å². The van der Waals surface area contributed by atoms with E-state index in [0.29, 0.717) is 26.0 Å². The van der Waals surface area contributed by atoms with E-state index in [2.05, 4.69) is 0 Å². The van der Waals surface area contributed by atoms with E-state index < -0.39 is 11.9 Å². The molecular formula is C10H18N2O3. The van der Waals surface area contributed by atoms with Crippen molar-refractivity contribution in [2.24, 2.45) is 11.7 Å². The van der Waals surface area contributed by atoms with Gasteiger partial charge >= 0.3 is 0 Å². The predicted octanol–water partition coefficient (Wildman–Crippen LogP) is -0.255. The molecule has 0 radical (unpaired) electrons. The van der Waals surface area contributed by atoms with Crippen molar-refractivity contribution in [3.8, 4) is 0 Å². The molecule has 5 heteroatoms. The Balaban J connectivity index is 2.63. The molecule has 15 heavy (non-hydrogen) atoms. The maximum Gasteiger partial charge on any atom is 0.240 e. The average molecular weight is 214 g/mol. The Hall–Kier alpha value is -1.10. The van der Waals surface area contributed by atoms with E-state index in [0.717, 1.165) is 0 Å². The molecule has 1 saturated heterocycles. The van der Waals surface area contributed by atoms with E-state index in [-0.39, 0.29) is 11.8 Å². The van der Waals surface area contributed by atoms with Crippen molar-refractivity contribution in [3.05, 3.63) is 0 Å². The molecule has 0 spiro atoms. The number of likely N-dealkylation sites (tertiary alicyclic amines) is 1. The molecule has 0 aromatic heterocycles. The first-order chi connectivity index (χ1) is 7.10. The molecule has 1 aliphatic heterocycles. The summed E-state index contributed by atoms with van der Waals surface area (Å²) < 4.78 is 5.00. The summed E-state index contributed by atoms with van der Waals surface area (Å²) in [5, 5.41) is 0. The van der Waals surface area contributed by atoms with Crippen LogP contribution in [0.2, 0.25) is 0 Å². The summed E-state index contributed by atoms with van der Waals surface area (Å²) in [5.74, 6) is -0.234. The van der Waals surface area contributed by atoms with Crippen LogP contribution in [0.1, 0.15) is 19.8 Å².